The molecule has 1 amide bonds. The van der Waals surface area contributed by atoms with Gasteiger partial charge >= 0.3 is 0 Å². The van der Waals surface area contributed by atoms with E-state index in [-0.39, 0.29) is 11.3 Å². The van der Waals surface area contributed by atoms with E-state index < -0.39 is 17.7 Å². The van der Waals surface area contributed by atoms with Gasteiger partial charge in [0.2, 0.25) is 0 Å². The van der Waals surface area contributed by atoms with E-state index in [1.54, 1.807) is 48.8 Å². The van der Waals surface area contributed by atoms with Gasteiger partial charge in [0.1, 0.15) is 18.1 Å². The van der Waals surface area contributed by atoms with E-state index in [4.69, 9.17) is 4.74 Å². The number of aliphatic hydroxyl groups is 1. The zero-order chi connectivity index (χ0) is 23.1. The first-order valence-electron chi connectivity index (χ1n) is 10.8. The van der Waals surface area contributed by atoms with E-state index in [1.807, 2.05) is 6.07 Å². The number of carbonyl (C=O) groups excluding carboxylic acids is 2. The molecule has 7 nitrogen and oxygen atoms in total. The van der Waals surface area contributed by atoms with Gasteiger partial charge in [-0.25, -0.2) is 0 Å². The summed E-state index contributed by atoms with van der Waals surface area (Å²) >= 11 is 0. The second-order valence-corrected chi connectivity index (χ2v) is 7.43. The summed E-state index contributed by atoms with van der Waals surface area (Å²) in [5.41, 5.74) is 1.19. The number of hydrogen-bond acceptors (Lipinski definition) is 6. The maximum atomic E-state index is 13.0. The lowest BCUT2D eigenvalue weighted by Gasteiger charge is -2.28. The number of rotatable bonds is 10. The Hall–Kier alpha value is -3.45. The highest BCUT2D eigenvalue weighted by Gasteiger charge is 2.46. The van der Waals surface area contributed by atoms with Crippen molar-refractivity contribution >= 4 is 17.4 Å². The minimum absolute atomic E-state index is 0.0716. The van der Waals surface area contributed by atoms with Crippen molar-refractivity contribution in [3.8, 4) is 5.75 Å². The predicted octanol–water partition coefficient (Wildman–Crippen LogP) is 3.41. The van der Waals surface area contributed by atoms with Gasteiger partial charge in [0.15, 0.2) is 0 Å². The highest BCUT2D eigenvalue weighted by atomic mass is 16.5. The number of Topliss-reactive ketones (excluding diaryl/α,β-unsaturated/α-hetero) is 1. The van der Waals surface area contributed by atoms with Crippen LogP contribution < -0.4 is 4.74 Å². The maximum absolute atomic E-state index is 13.0. The molecule has 1 atom stereocenters. The van der Waals surface area contributed by atoms with Gasteiger partial charge in [0, 0.05) is 31.0 Å². The van der Waals surface area contributed by atoms with Crippen molar-refractivity contribution in [1.29, 1.82) is 0 Å². The Morgan fingerprint density at radius 1 is 1.22 bits per heavy atom. The highest BCUT2D eigenvalue weighted by Crippen LogP contribution is 2.39. The molecule has 1 saturated heterocycles. The Labute approximate surface area is 188 Å². The van der Waals surface area contributed by atoms with Gasteiger partial charge in [-0.1, -0.05) is 32.6 Å². The fourth-order valence-corrected chi connectivity index (χ4v) is 3.80. The summed E-state index contributed by atoms with van der Waals surface area (Å²) in [5.74, 6) is -0.899. The number of likely N-dealkylation sites (N-methyl/N-ethyl adjacent to an activating group) is 1. The van der Waals surface area contributed by atoms with Crippen molar-refractivity contribution in [2.45, 2.75) is 19.9 Å². The monoisotopic (exact) mass is 435 g/mol. The molecule has 2 aromatic rings. The third-order valence-corrected chi connectivity index (χ3v) is 5.59. The SMILES string of the molecule is C=CCOc1ccc(C(O)=C2C(=O)C(=O)N(CCN(CC)CC)[C@H]2c2cccnc2)cc1. The zero-order valence-corrected chi connectivity index (χ0v) is 18.5. The largest absolute Gasteiger partial charge is 0.507 e. The average molecular weight is 436 g/mol. The van der Waals surface area contributed by atoms with E-state index in [0.717, 1.165) is 13.1 Å². The summed E-state index contributed by atoms with van der Waals surface area (Å²) in [6.45, 7) is 10.8. The summed E-state index contributed by atoms with van der Waals surface area (Å²) in [4.78, 5) is 33.9. The molecule has 0 radical (unpaired) electrons. The zero-order valence-electron chi connectivity index (χ0n) is 18.5. The van der Waals surface area contributed by atoms with Crippen molar-refractivity contribution in [1.82, 2.24) is 14.8 Å². The Kier molecular flexibility index (Phi) is 7.78. The number of aliphatic hydroxyl groups excluding tert-OH is 1. The van der Waals surface area contributed by atoms with E-state index in [0.29, 0.717) is 36.6 Å². The molecule has 0 bridgehead atoms. The molecule has 1 aliphatic heterocycles. The van der Waals surface area contributed by atoms with Gasteiger partial charge in [-0.15, -0.1) is 0 Å². The van der Waals surface area contributed by atoms with Crippen molar-refractivity contribution in [2.24, 2.45) is 0 Å². The van der Waals surface area contributed by atoms with Crippen LogP contribution in [0.25, 0.3) is 5.76 Å². The van der Waals surface area contributed by atoms with Gasteiger partial charge in [0.25, 0.3) is 11.7 Å². The number of pyridine rings is 1. The van der Waals surface area contributed by atoms with E-state index in [9.17, 15) is 14.7 Å². The van der Waals surface area contributed by atoms with Gasteiger partial charge < -0.3 is 19.6 Å². The molecule has 1 N–H and O–H groups in total. The van der Waals surface area contributed by atoms with Crippen LogP contribution in [-0.4, -0.2) is 64.4 Å². The van der Waals surface area contributed by atoms with Crippen LogP contribution in [0.2, 0.25) is 0 Å². The standard InChI is InChI=1S/C25H29N3O4/c1-4-16-32-20-11-9-18(10-12-20)23(29)21-22(19-8-7-13-26-17-19)28(25(31)24(21)30)15-14-27(5-2)6-3/h4,7-13,17,22,29H,1,5-6,14-16H2,2-3H3/t22-/m0/s1. The number of likely N-dealkylation sites (tertiary alicyclic amines) is 1. The van der Waals surface area contributed by atoms with Gasteiger partial charge in [-0.05, 0) is 49.0 Å². The second kappa shape index (κ2) is 10.7. The number of aromatic nitrogens is 1. The number of benzene rings is 1. The minimum Gasteiger partial charge on any atom is -0.507 e. The lowest BCUT2D eigenvalue weighted by Crippen LogP contribution is -2.38. The molecule has 0 aliphatic carbocycles. The van der Waals surface area contributed by atoms with E-state index >= 15 is 0 Å². The third-order valence-electron chi connectivity index (χ3n) is 5.59. The summed E-state index contributed by atoms with van der Waals surface area (Å²) in [7, 11) is 0. The van der Waals surface area contributed by atoms with Crippen LogP contribution in [0.15, 0.2) is 67.0 Å². The van der Waals surface area contributed by atoms with Crippen LogP contribution in [-0.2, 0) is 9.59 Å². The Bertz CT molecular complexity index is 982. The lowest BCUT2D eigenvalue weighted by molar-refractivity contribution is -0.140. The number of ether oxygens (including phenoxy) is 1. The molecule has 7 heteroatoms. The Morgan fingerprint density at radius 3 is 2.53 bits per heavy atom. The topological polar surface area (TPSA) is 83.0 Å². The number of nitrogens with zero attached hydrogens (tertiary/aromatic N) is 3. The molecule has 3 rings (SSSR count). The molecule has 168 valence electrons. The average Bonchev–Trinajstić information content (AvgIpc) is 3.08. The van der Waals surface area contributed by atoms with Crippen molar-refractivity contribution in [2.75, 3.05) is 32.8 Å². The van der Waals surface area contributed by atoms with Gasteiger partial charge in [-0.2, -0.15) is 0 Å². The van der Waals surface area contributed by atoms with E-state index in [1.165, 1.54) is 4.90 Å². The molecular weight excluding hydrogens is 406 g/mol. The molecular formula is C25H29N3O4. The number of carbonyl (C=O) groups is 2. The second-order valence-electron chi connectivity index (χ2n) is 7.43. The molecule has 1 aromatic heterocycles. The third kappa shape index (κ3) is 4.89. The number of hydrogen-bond donors (Lipinski definition) is 1. The summed E-state index contributed by atoms with van der Waals surface area (Å²) < 4.78 is 5.48. The fraction of sp³-hybridized carbons (Fsp3) is 0.320. The minimum atomic E-state index is -0.698. The number of amides is 1. The normalized spacial score (nSPS) is 17.7. The maximum Gasteiger partial charge on any atom is 0.295 e. The summed E-state index contributed by atoms with van der Waals surface area (Å²) in [6, 6.07) is 9.60. The Balaban J connectivity index is 2.00. The molecule has 1 fully saturated rings. The molecule has 0 saturated carbocycles. The first kappa shape index (κ1) is 23.2. The quantitative estimate of drug-likeness (QED) is 0.267. The van der Waals surface area contributed by atoms with Crippen LogP contribution in [0, 0.1) is 0 Å². The van der Waals surface area contributed by atoms with Crippen LogP contribution >= 0.6 is 0 Å². The molecule has 32 heavy (non-hydrogen) atoms. The molecule has 1 aromatic carbocycles. The Morgan fingerprint density at radius 2 is 1.94 bits per heavy atom. The van der Waals surface area contributed by atoms with Crippen molar-refractivity contribution in [3.63, 3.8) is 0 Å². The van der Waals surface area contributed by atoms with Crippen LogP contribution in [0.1, 0.15) is 31.0 Å². The highest BCUT2D eigenvalue weighted by molar-refractivity contribution is 6.46. The first-order chi connectivity index (χ1) is 15.5. The van der Waals surface area contributed by atoms with Crippen LogP contribution in [0.3, 0.4) is 0 Å². The molecule has 0 unspecified atom stereocenters. The van der Waals surface area contributed by atoms with Crippen molar-refractivity contribution in [3.05, 3.63) is 78.1 Å². The summed E-state index contributed by atoms with van der Waals surface area (Å²) in [5, 5.41) is 11.1. The lowest BCUT2D eigenvalue weighted by atomic mass is 9.96. The van der Waals surface area contributed by atoms with Gasteiger partial charge in [0.05, 0.1) is 11.6 Å². The van der Waals surface area contributed by atoms with Crippen LogP contribution in [0.4, 0.5) is 0 Å². The first-order valence-corrected chi connectivity index (χ1v) is 10.8. The number of ketones is 1. The molecule has 2 heterocycles. The van der Waals surface area contributed by atoms with Crippen molar-refractivity contribution < 1.29 is 19.4 Å². The summed E-state index contributed by atoms with van der Waals surface area (Å²) in [6.07, 6.45) is 4.90. The van der Waals surface area contributed by atoms with E-state index in [2.05, 4.69) is 30.3 Å². The van der Waals surface area contributed by atoms with Crippen LogP contribution in [0.5, 0.6) is 5.75 Å². The molecule has 1 aliphatic rings. The fourth-order valence-electron chi connectivity index (χ4n) is 3.80. The smallest absolute Gasteiger partial charge is 0.295 e. The van der Waals surface area contributed by atoms with Gasteiger partial charge in [-0.3, -0.25) is 14.6 Å². The predicted molar refractivity (Wildman–Crippen MR) is 123 cm³/mol. The molecule has 0 spiro atoms.